The molecular weight excluding hydrogens is 278 g/mol. The average molecular weight is 294 g/mol. The van der Waals surface area contributed by atoms with Crippen molar-refractivity contribution in [1.29, 1.82) is 0 Å². The molecule has 0 saturated heterocycles. The predicted octanol–water partition coefficient (Wildman–Crippen LogP) is 1.76. The summed E-state index contributed by atoms with van der Waals surface area (Å²) >= 11 is 5.61. The van der Waals surface area contributed by atoms with Gasteiger partial charge in [-0.2, -0.15) is 5.10 Å². The molecule has 0 aliphatic rings. The molecule has 2 aromatic rings. The Labute approximate surface area is 122 Å². The lowest BCUT2D eigenvalue weighted by Gasteiger charge is -2.06. The lowest BCUT2D eigenvalue weighted by atomic mass is 10.3. The van der Waals surface area contributed by atoms with Gasteiger partial charge >= 0.3 is 0 Å². The van der Waals surface area contributed by atoms with E-state index in [1.165, 1.54) is 12.4 Å². The largest absolute Gasteiger partial charge is 0.351 e. The first-order valence-corrected chi connectivity index (χ1v) is 6.71. The Morgan fingerprint density at radius 2 is 2.15 bits per heavy atom. The summed E-state index contributed by atoms with van der Waals surface area (Å²) in [5, 5.41) is 7.42. The number of hydrogen-bond donors (Lipinski definition) is 1. The van der Waals surface area contributed by atoms with Crippen LogP contribution in [-0.4, -0.2) is 32.2 Å². The van der Waals surface area contributed by atoms with E-state index < -0.39 is 0 Å². The van der Waals surface area contributed by atoms with E-state index in [-0.39, 0.29) is 16.8 Å². The van der Waals surface area contributed by atoms with Crippen molar-refractivity contribution in [2.75, 3.05) is 6.54 Å². The monoisotopic (exact) mass is 293 g/mol. The molecule has 6 nitrogen and oxygen atoms in total. The molecule has 0 spiro atoms. The number of nitrogens with one attached hydrogen (secondary N) is 1. The molecule has 0 aliphatic carbocycles. The third kappa shape index (κ3) is 3.77. The van der Waals surface area contributed by atoms with E-state index in [0.717, 1.165) is 24.4 Å². The molecule has 1 amide bonds. The quantitative estimate of drug-likeness (QED) is 0.853. The normalized spacial score (nSPS) is 10.6. The van der Waals surface area contributed by atoms with Gasteiger partial charge in [0.05, 0.1) is 18.1 Å². The molecule has 106 valence electrons. The Kier molecular flexibility index (Phi) is 4.68. The molecule has 0 bridgehead atoms. The van der Waals surface area contributed by atoms with Crippen molar-refractivity contribution in [3.8, 4) is 0 Å². The molecule has 2 rings (SSSR count). The zero-order valence-corrected chi connectivity index (χ0v) is 12.2. The summed E-state index contributed by atoms with van der Waals surface area (Å²) in [7, 11) is 0. The Bertz CT molecular complexity index is 593. The first-order chi connectivity index (χ1) is 9.56. The van der Waals surface area contributed by atoms with Crippen molar-refractivity contribution in [2.45, 2.75) is 26.8 Å². The SMILES string of the molecule is Cc1cc(C)n(CCCNC(=O)c2cnc(Cl)cn2)n1. The number of carbonyl (C=O) groups excluding carboxylic acids is 1. The van der Waals surface area contributed by atoms with Crippen LogP contribution in [0, 0.1) is 13.8 Å². The van der Waals surface area contributed by atoms with Gasteiger partial charge in [0.2, 0.25) is 0 Å². The third-order valence-corrected chi connectivity index (χ3v) is 2.98. The summed E-state index contributed by atoms with van der Waals surface area (Å²) in [4.78, 5) is 19.5. The minimum atomic E-state index is -0.248. The summed E-state index contributed by atoms with van der Waals surface area (Å²) in [5.41, 5.74) is 2.39. The van der Waals surface area contributed by atoms with Crippen LogP contribution in [0.3, 0.4) is 0 Å². The van der Waals surface area contributed by atoms with E-state index >= 15 is 0 Å². The lowest BCUT2D eigenvalue weighted by molar-refractivity contribution is 0.0947. The van der Waals surface area contributed by atoms with Gasteiger partial charge in [0.1, 0.15) is 10.8 Å². The number of halogens is 1. The Hall–Kier alpha value is -1.95. The van der Waals surface area contributed by atoms with Crippen molar-refractivity contribution < 1.29 is 4.79 Å². The standard InChI is InChI=1S/C13H16ClN5O/c1-9-6-10(2)19(18-9)5-3-4-15-13(20)11-7-17-12(14)8-16-11/h6-8H,3-5H2,1-2H3,(H,15,20). The summed E-state index contributed by atoms with van der Waals surface area (Å²) in [5.74, 6) is -0.248. The molecule has 0 radical (unpaired) electrons. The molecule has 2 aromatic heterocycles. The minimum Gasteiger partial charge on any atom is -0.351 e. The molecule has 0 atom stereocenters. The highest BCUT2D eigenvalue weighted by Crippen LogP contribution is 2.03. The van der Waals surface area contributed by atoms with Gasteiger partial charge < -0.3 is 5.32 Å². The second-order valence-electron chi connectivity index (χ2n) is 4.48. The van der Waals surface area contributed by atoms with Crippen LogP contribution in [0.25, 0.3) is 0 Å². The van der Waals surface area contributed by atoms with E-state index in [2.05, 4.69) is 20.4 Å². The number of aryl methyl sites for hydroxylation is 3. The van der Waals surface area contributed by atoms with Gasteiger partial charge in [-0.05, 0) is 26.3 Å². The number of carbonyl (C=O) groups is 1. The fourth-order valence-corrected chi connectivity index (χ4v) is 1.95. The van der Waals surface area contributed by atoms with Crippen LogP contribution in [0.5, 0.6) is 0 Å². The van der Waals surface area contributed by atoms with E-state index in [4.69, 9.17) is 11.6 Å². The maximum Gasteiger partial charge on any atom is 0.271 e. The fraction of sp³-hybridized carbons (Fsp3) is 0.385. The average Bonchev–Trinajstić information content (AvgIpc) is 2.73. The Morgan fingerprint density at radius 1 is 1.35 bits per heavy atom. The van der Waals surface area contributed by atoms with Crippen LogP contribution in [0.4, 0.5) is 0 Å². The topological polar surface area (TPSA) is 72.7 Å². The summed E-state index contributed by atoms with van der Waals surface area (Å²) in [6.07, 6.45) is 3.51. The van der Waals surface area contributed by atoms with Gasteiger partial charge in [0, 0.05) is 18.8 Å². The molecule has 0 aliphatic heterocycles. The minimum absolute atomic E-state index is 0.248. The molecule has 1 N–H and O–H groups in total. The Morgan fingerprint density at radius 3 is 2.75 bits per heavy atom. The summed E-state index contributed by atoms with van der Waals surface area (Å²) in [6.45, 7) is 5.31. The number of nitrogens with zero attached hydrogens (tertiary/aromatic N) is 4. The van der Waals surface area contributed by atoms with Crippen LogP contribution in [-0.2, 0) is 6.54 Å². The third-order valence-electron chi connectivity index (χ3n) is 2.79. The number of aromatic nitrogens is 4. The second-order valence-corrected chi connectivity index (χ2v) is 4.87. The molecule has 0 saturated carbocycles. The molecule has 7 heteroatoms. The van der Waals surface area contributed by atoms with Gasteiger partial charge in [-0.1, -0.05) is 11.6 Å². The predicted molar refractivity (Wildman–Crippen MR) is 75.7 cm³/mol. The number of rotatable bonds is 5. The summed E-state index contributed by atoms with van der Waals surface area (Å²) < 4.78 is 1.93. The highest BCUT2D eigenvalue weighted by Gasteiger charge is 2.07. The number of amides is 1. The maximum atomic E-state index is 11.8. The summed E-state index contributed by atoms with van der Waals surface area (Å²) in [6, 6.07) is 2.03. The molecule has 0 aromatic carbocycles. The van der Waals surface area contributed by atoms with Crippen molar-refractivity contribution in [1.82, 2.24) is 25.1 Å². The van der Waals surface area contributed by atoms with Crippen LogP contribution >= 0.6 is 11.6 Å². The van der Waals surface area contributed by atoms with Crippen molar-refractivity contribution in [3.63, 3.8) is 0 Å². The highest BCUT2D eigenvalue weighted by atomic mass is 35.5. The van der Waals surface area contributed by atoms with Gasteiger partial charge in [-0.3, -0.25) is 9.48 Å². The first-order valence-electron chi connectivity index (χ1n) is 6.33. The number of hydrogen-bond acceptors (Lipinski definition) is 4. The van der Waals surface area contributed by atoms with E-state index in [1.807, 2.05) is 24.6 Å². The molecule has 2 heterocycles. The second kappa shape index (κ2) is 6.47. The molecular formula is C13H16ClN5O. The lowest BCUT2D eigenvalue weighted by Crippen LogP contribution is -2.26. The van der Waals surface area contributed by atoms with Gasteiger partial charge in [0.15, 0.2) is 0 Å². The maximum absolute atomic E-state index is 11.8. The molecule has 0 fully saturated rings. The van der Waals surface area contributed by atoms with Gasteiger partial charge in [-0.15, -0.1) is 0 Å². The van der Waals surface area contributed by atoms with E-state index in [0.29, 0.717) is 6.54 Å². The van der Waals surface area contributed by atoms with Crippen LogP contribution in [0.1, 0.15) is 28.3 Å². The van der Waals surface area contributed by atoms with Gasteiger partial charge in [0.25, 0.3) is 5.91 Å². The first kappa shape index (κ1) is 14.5. The zero-order valence-electron chi connectivity index (χ0n) is 11.4. The van der Waals surface area contributed by atoms with Gasteiger partial charge in [-0.25, -0.2) is 9.97 Å². The smallest absolute Gasteiger partial charge is 0.271 e. The van der Waals surface area contributed by atoms with Crippen LogP contribution in [0.15, 0.2) is 18.5 Å². The zero-order chi connectivity index (χ0) is 14.5. The highest BCUT2D eigenvalue weighted by molar-refractivity contribution is 6.29. The fourth-order valence-electron chi connectivity index (χ4n) is 1.85. The van der Waals surface area contributed by atoms with Crippen LogP contribution in [0.2, 0.25) is 5.15 Å². The van der Waals surface area contributed by atoms with Crippen LogP contribution < -0.4 is 5.32 Å². The van der Waals surface area contributed by atoms with Crippen molar-refractivity contribution in [2.24, 2.45) is 0 Å². The molecule has 0 unspecified atom stereocenters. The van der Waals surface area contributed by atoms with E-state index in [1.54, 1.807) is 0 Å². The van der Waals surface area contributed by atoms with Crippen molar-refractivity contribution >= 4 is 17.5 Å². The Balaban J connectivity index is 1.77. The van der Waals surface area contributed by atoms with E-state index in [9.17, 15) is 4.79 Å². The molecule has 20 heavy (non-hydrogen) atoms. The van der Waals surface area contributed by atoms with Crippen molar-refractivity contribution in [3.05, 3.63) is 40.7 Å².